The number of nitrogens with zero attached hydrogens (tertiary/aromatic N) is 3. The Kier molecular flexibility index (Phi) is 6.04. The van der Waals surface area contributed by atoms with E-state index in [1.54, 1.807) is 37.2 Å². The smallest absolute Gasteiger partial charge is 0.213 e. The number of halogens is 2. The topological polar surface area (TPSA) is 37.7 Å². The maximum Gasteiger partial charge on any atom is 0.213 e. The summed E-state index contributed by atoms with van der Waals surface area (Å²) in [6.45, 7) is 3.77. The number of likely N-dealkylation sites (tertiary alicyclic amines) is 1. The lowest BCUT2D eigenvalue weighted by molar-refractivity contribution is 0.398. The van der Waals surface area contributed by atoms with Crippen molar-refractivity contribution in [2.24, 2.45) is 10.9 Å². The van der Waals surface area contributed by atoms with Gasteiger partial charge >= 0.3 is 0 Å². The molecule has 0 bridgehead atoms. The van der Waals surface area contributed by atoms with Crippen molar-refractivity contribution in [2.75, 3.05) is 26.5 Å². The molecule has 0 radical (unpaired) electrons. The molecule has 2 heterocycles. The first-order chi connectivity index (χ1) is 12.5. The molecule has 1 aliphatic rings. The summed E-state index contributed by atoms with van der Waals surface area (Å²) in [6.07, 6.45) is 3.69. The summed E-state index contributed by atoms with van der Waals surface area (Å²) in [5.74, 6) is 0.716. The molecule has 3 rings (SSSR count). The monoisotopic (exact) mass is 393 g/mol. The first-order valence-corrected chi connectivity index (χ1v) is 9.95. The van der Waals surface area contributed by atoms with Gasteiger partial charge in [-0.2, -0.15) is 0 Å². The van der Waals surface area contributed by atoms with E-state index < -0.39 is 0 Å². The van der Waals surface area contributed by atoms with Crippen LogP contribution >= 0.6 is 23.4 Å². The van der Waals surface area contributed by atoms with Crippen LogP contribution in [0.1, 0.15) is 18.4 Å². The molecule has 138 valence electrons. The van der Waals surface area contributed by atoms with Gasteiger partial charge in [0, 0.05) is 25.1 Å². The predicted octanol–water partition coefficient (Wildman–Crippen LogP) is 4.97. The van der Waals surface area contributed by atoms with Gasteiger partial charge in [-0.05, 0) is 29.9 Å². The summed E-state index contributed by atoms with van der Waals surface area (Å²) in [4.78, 5) is 11.1. The van der Waals surface area contributed by atoms with Gasteiger partial charge in [0.25, 0.3) is 0 Å². The summed E-state index contributed by atoms with van der Waals surface area (Å²) in [5, 5.41) is 1.15. The maximum absolute atomic E-state index is 13.8. The zero-order chi connectivity index (χ0) is 18.7. The number of ether oxygens (including phenoxy) is 1. The van der Waals surface area contributed by atoms with Gasteiger partial charge in [0.1, 0.15) is 5.82 Å². The molecule has 0 amide bonds. The van der Waals surface area contributed by atoms with Gasteiger partial charge in [-0.3, -0.25) is 0 Å². The molecule has 1 aromatic heterocycles. The van der Waals surface area contributed by atoms with Gasteiger partial charge < -0.3 is 9.64 Å². The van der Waals surface area contributed by atoms with Crippen molar-refractivity contribution in [3.8, 4) is 5.88 Å². The third-order valence-electron chi connectivity index (χ3n) is 4.60. The molecule has 1 aromatic carbocycles. The number of hydrogen-bond donors (Lipinski definition) is 0. The summed E-state index contributed by atoms with van der Waals surface area (Å²) in [7, 11) is 1.59. The number of thioether (sulfide) groups is 1. The lowest BCUT2D eigenvalue weighted by Crippen LogP contribution is -2.26. The van der Waals surface area contributed by atoms with Gasteiger partial charge in [-0.15, -0.1) is 0 Å². The van der Waals surface area contributed by atoms with Gasteiger partial charge in [-0.25, -0.2) is 14.4 Å². The number of rotatable bonds is 3. The first-order valence-electron chi connectivity index (χ1n) is 8.35. The molecule has 26 heavy (non-hydrogen) atoms. The number of pyridine rings is 1. The molecule has 0 spiro atoms. The zero-order valence-corrected chi connectivity index (χ0v) is 16.5. The van der Waals surface area contributed by atoms with Crippen molar-refractivity contribution >= 4 is 34.2 Å². The van der Waals surface area contributed by atoms with E-state index in [-0.39, 0.29) is 16.8 Å². The Balaban J connectivity index is 1.82. The van der Waals surface area contributed by atoms with Gasteiger partial charge in [-0.1, -0.05) is 42.4 Å². The van der Waals surface area contributed by atoms with Crippen molar-refractivity contribution in [1.82, 2.24) is 9.88 Å². The highest BCUT2D eigenvalue weighted by Crippen LogP contribution is 2.38. The van der Waals surface area contributed by atoms with Crippen molar-refractivity contribution in [3.05, 3.63) is 52.9 Å². The van der Waals surface area contributed by atoms with E-state index in [2.05, 4.69) is 16.8 Å². The van der Waals surface area contributed by atoms with Crippen molar-refractivity contribution in [2.45, 2.75) is 12.8 Å². The van der Waals surface area contributed by atoms with E-state index >= 15 is 0 Å². The van der Waals surface area contributed by atoms with Crippen molar-refractivity contribution in [3.63, 3.8) is 0 Å². The van der Waals surface area contributed by atoms with Crippen LogP contribution in [-0.4, -0.2) is 41.5 Å². The highest BCUT2D eigenvalue weighted by Gasteiger charge is 2.34. The number of hydrogen-bond acceptors (Lipinski definition) is 4. The maximum atomic E-state index is 13.8. The van der Waals surface area contributed by atoms with Crippen LogP contribution in [0.3, 0.4) is 0 Å². The minimum absolute atomic E-state index is 0.171. The Morgan fingerprint density at radius 1 is 1.35 bits per heavy atom. The molecule has 0 N–H and O–H groups in total. The summed E-state index contributed by atoms with van der Waals surface area (Å²) in [5.41, 5.74) is 1.64. The van der Waals surface area contributed by atoms with E-state index in [0.29, 0.717) is 11.8 Å². The number of benzene rings is 1. The Morgan fingerprint density at radius 2 is 2.15 bits per heavy atom. The van der Waals surface area contributed by atoms with Crippen LogP contribution in [0.15, 0.2) is 41.5 Å². The third-order valence-corrected chi connectivity index (χ3v) is 5.71. The summed E-state index contributed by atoms with van der Waals surface area (Å²) in [6, 6.07) is 8.70. The Hall–Kier alpha value is -1.79. The van der Waals surface area contributed by atoms with E-state index in [4.69, 9.17) is 21.3 Å². The molecule has 1 saturated heterocycles. The third kappa shape index (κ3) is 3.96. The molecule has 4 nitrogen and oxygen atoms in total. The predicted molar refractivity (Wildman–Crippen MR) is 106 cm³/mol. The van der Waals surface area contributed by atoms with Crippen LogP contribution in [0.2, 0.25) is 5.02 Å². The Morgan fingerprint density at radius 3 is 2.81 bits per heavy atom. The van der Waals surface area contributed by atoms with Gasteiger partial charge in [0.15, 0.2) is 5.17 Å². The largest absolute Gasteiger partial charge is 0.481 e. The second-order valence-electron chi connectivity index (χ2n) is 6.29. The minimum Gasteiger partial charge on any atom is -0.481 e. The normalized spacial score (nSPS) is 20.5. The SMILES string of the molecule is COc1ccc(/N=C(/SC)N2C[C@H](c3cccc(F)c3Cl)[C@@H](C)C2)cn1. The molecule has 1 fully saturated rings. The number of aromatic nitrogens is 1. The fourth-order valence-corrected chi connectivity index (χ4v) is 4.12. The summed E-state index contributed by atoms with van der Waals surface area (Å²) < 4.78 is 18.9. The lowest BCUT2D eigenvalue weighted by atomic mass is 9.90. The van der Waals surface area contributed by atoms with Crippen molar-refractivity contribution in [1.29, 1.82) is 0 Å². The standard InChI is InChI=1S/C19H21ClFN3OS/c1-12-10-24(11-15(12)14-5-4-6-16(21)18(14)20)19(26-3)23-13-7-8-17(25-2)22-9-13/h4-9,12,15H,10-11H2,1-3H3/b23-19+/t12-,15-/m0/s1. The molecular formula is C19H21ClFN3OS. The second kappa shape index (κ2) is 8.27. The van der Waals surface area contributed by atoms with Gasteiger partial charge in [0.05, 0.1) is 24.0 Å². The fraction of sp³-hybridized carbons (Fsp3) is 0.368. The quantitative estimate of drug-likeness (QED) is 0.545. The van der Waals surface area contributed by atoms with Crippen molar-refractivity contribution < 1.29 is 9.13 Å². The summed E-state index contributed by atoms with van der Waals surface area (Å²) >= 11 is 7.80. The fourth-order valence-electron chi connectivity index (χ4n) is 3.25. The number of amidine groups is 1. The molecule has 1 aliphatic heterocycles. The minimum atomic E-state index is -0.363. The van der Waals surface area contributed by atoms with Crippen LogP contribution in [0.25, 0.3) is 0 Å². The first kappa shape index (κ1) is 19.0. The molecular weight excluding hydrogens is 373 g/mol. The van der Waals surface area contributed by atoms with Crippen LogP contribution in [-0.2, 0) is 0 Å². The van der Waals surface area contributed by atoms with E-state index in [0.717, 1.165) is 29.5 Å². The van der Waals surface area contributed by atoms with Crippen LogP contribution in [0, 0.1) is 11.7 Å². The van der Waals surface area contributed by atoms with E-state index in [9.17, 15) is 4.39 Å². The Bertz CT molecular complexity index is 800. The van der Waals surface area contributed by atoms with Gasteiger partial charge in [0.2, 0.25) is 5.88 Å². The molecule has 0 saturated carbocycles. The average molecular weight is 394 g/mol. The second-order valence-corrected chi connectivity index (χ2v) is 7.44. The highest BCUT2D eigenvalue weighted by molar-refractivity contribution is 8.13. The highest BCUT2D eigenvalue weighted by atomic mass is 35.5. The molecule has 0 aliphatic carbocycles. The Labute approximate surface area is 162 Å². The van der Waals surface area contributed by atoms with E-state index in [1.807, 2.05) is 18.4 Å². The van der Waals surface area contributed by atoms with Crippen LogP contribution < -0.4 is 4.74 Å². The lowest BCUT2D eigenvalue weighted by Gasteiger charge is -2.19. The molecule has 7 heteroatoms. The van der Waals surface area contributed by atoms with Crippen LogP contribution in [0.5, 0.6) is 5.88 Å². The zero-order valence-electron chi connectivity index (χ0n) is 14.9. The molecule has 2 aromatic rings. The number of aliphatic imine (C=N–C) groups is 1. The average Bonchev–Trinajstić information content (AvgIpc) is 3.03. The number of methoxy groups -OCH3 is 1. The van der Waals surface area contributed by atoms with Crippen LogP contribution in [0.4, 0.5) is 10.1 Å². The van der Waals surface area contributed by atoms with E-state index in [1.165, 1.54) is 6.07 Å². The molecule has 2 atom stereocenters. The molecule has 0 unspecified atom stereocenters.